The van der Waals surface area contributed by atoms with E-state index in [9.17, 15) is 4.79 Å². The number of nitrogens with one attached hydrogen (secondary N) is 1. The minimum Gasteiger partial charge on any atom is -0.345 e. The number of amides is 1. The number of rotatable bonds is 4. The van der Waals surface area contributed by atoms with Crippen LogP contribution in [0.4, 0.5) is 0 Å². The molecule has 0 radical (unpaired) electrons. The van der Waals surface area contributed by atoms with E-state index >= 15 is 0 Å². The van der Waals surface area contributed by atoms with Gasteiger partial charge in [-0.05, 0) is 40.9 Å². The van der Waals surface area contributed by atoms with E-state index < -0.39 is 5.54 Å². The van der Waals surface area contributed by atoms with Crippen LogP contribution in [0.15, 0.2) is 22.7 Å². The first kappa shape index (κ1) is 15.5. The molecule has 18 heavy (non-hydrogen) atoms. The van der Waals surface area contributed by atoms with Gasteiger partial charge in [0, 0.05) is 11.0 Å². The molecular formula is C13H18BrClN2O. The molecule has 0 saturated heterocycles. The molecular weight excluding hydrogens is 316 g/mol. The molecule has 1 atom stereocenters. The first-order valence-corrected chi connectivity index (χ1v) is 6.95. The standard InChI is InChI=1S/C13H18BrClN2O/c1-8(2)13(3,7-16)17-12(18)9-5-4-6-10(14)11(9)15/h4-6,8H,7,16H2,1-3H3,(H,17,18). The maximum Gasteiger partial charge on any atom is 0.253 e. The third kappa shape index (κ3) is 3.25. The third-order valence-corrected chi connectivity index (χ3v) is 4.59. The SMILES string of the molecule is CC(C)C(C)(CN)NC(=O)c1cccc(Br)c1Cl. The Balaban J connectivity index is 2.99. The van der Waals surface area contributed by atoms with Crippen molar-refractivity contribution < 1.29 is 4.79 Å². The Morgan fingerprint density at radius 1 is 1.56 bits per heavy atom. The van der Waals surface area contributed by atoms with E-state index in [-0.39, 0.29) is 11.8 Å². The fraction of sp³-hybridized carbons (Fsp3) is 0.462. The van der Waals surface area contributed by atoms with Crippen molar-refractivity contribution in [2.75, 3.05) is 6.54 Å². The molecule has 3 nitrogen and oxygen atoms in total. The highest BCUT2D eigenvalue weighted by Crippen LogP contribution is 2.26. The van der Waals surface area contributed by atoms with Gasteiger partial charge >= 0.3 is 0 Å². The van der Waals surface area contributed by atoms with Crippen molar-refractivity contribution in [3.63, 3.8) is 0 Å². The summed E-state index contributed by atoms with van der Waals surface area (Å²) in [6, 6.07) is 5.27. The van der Waals surface area contributed by atoms with Crippen LogP contribution in [0, 0.1) is 5.92 Å². The molecule has 0 fully saturated rings. The lowest BCUT2D eigenvalue weighted by Gasteiger charge is -2.33. The van der Waals surface area contributed by atoms with Crippen LogP contribution in [0.2, 0.25) is 5.02 Å². The smallest absolute Gasteiger partial charge is 0.253 e. The molecule has 1 unspecified atom stereocenters. The normalized spacial score (nSPS) is 14.4. The summed E-state index contributed by atoms with van der Waals surface area (Å²) in [5.41, 5.74) is 5.75. The van der Waals surface area contributed by atoms with Crippen LogP contribution in [0.3, 0.4) is 0 Å². The highest BCUT2D eigenvalue weighted by Gasteiger charge is 2.29. The van der Waals surface area contributed by atoms with Gasteiger partial charge in [-0.25, -0.2) is 0 Å². The summed E-state index contributed by atoms with van der Waals surface area (Å²) in [7, 11) is 0. The second-order valence-electron chi connectivity index (χ2n) is 4.83. The molecule has 1 aromatic rings. The van der Waals surface area contributed by atoms with Gasteiger partial charge in [-0.1, -0.05) is 31.5 Å². The second kappa shape index (κ2) is 6.04. The minimum atomic E-state index is -0.442. The molecule has 0 spiro atoms. The van der Waals surface area contributed by atoms with Crippen LogP contribution in [0.5, 0.6) is 0 Å². The average Bonchev–Trinajstić information content (AvgIpc) is 2.32. The number of hydrogen-bond acceptors (Lipinski definition) is 2. The molecule has 1 amide bonds. The Morgan fingerprint density at radius 2 is 2.17 bits per heavy atom. The van der Waals surface area contributed by atoms with Gasteiger partial charge in [0.2, 0.25) is 0 Å². The van der Waals surface area contributed by atoms with Gasteiger partial charge in [0.25, 0.3) is 5.91 Å². The molecule has 3 N–H and O–H groups in total. The molecule has 1 rings (SSSR count). The van der Waals surface area contributed by atoms with Gasteiger partial charge in [-0.2, -0.15) is 0 Å². The Morgan fingerprint density at radius 3 is 2.67 bits per heavy atom. The Labute approximate surface area is 121 Å². The number of carbonyl (C=O) groups is 1. The number of nitrogens with two attached hydrogens (primary N) is 1. The van der Waals surface area contributed by atoms with Crippen molar-refractivity contribution >= 4 is 33.4 Å². The molecule has 0 aliphatic carbocycles. The van der Waals surface area contributed by atoms with Crippen LogP contribution in [-0.2, 0) is 0 Å². The zero-order valence-corrected chi connectivity index (χ0v) is 13.1. The minimum absolute atomic E-state index is 0.206. The lowest BCUT2D eigenvalue weighted by atomic mass is 9.88. The molecule has 1 aromatic carbocycles. The summed E-state index contributed by atoms with van der Waals surface area (Å²) >= 11 is 9.40. The maximum atomic E-state index is 12.2. The van der Waals surface area contributed by atoms with Crippen molar-refractivity contribution in [1.82, 2.24) is 5.32 Å². The molecule has 0 bridgehead atoms. The highest BCUT2D eigenvalue weighted by molar-refractivity contribution is 9.10. The van der Waals surface area contributed by atoms with E-state index in [1.165, 1.54) is 0 Å². The number of hydrogen-bond donors (Lipinski definition) is 2. The van der Waals surface area contributed by atoms with Crippen molar-refractivity contribution in [1.29, 1.82) is 0 Å². The lowest BCUT2D eigenvalue weighted by molar-refractivity contribution is 0.0883. The van der Waals surface area contributed by atoms with E-state index in [0.717, 1.165) is 0 Å². The lowest BCUT2D eigenvalue weighted by Crippen LogP contribution is -2.55. The fourth-order valence-corrected chi connectivity index (χ4v) is 2.01. The van der Waals surface area contributed by atoms with Crippen LogP contribution in [-0.4, -0.2) is 18.0 Å². The summed E-state index contributed by atoms with van der Waals surface area (Å²) in [6.07, 6.45) is 0. The van der Waals surface area contributed by atoms with Gasteiger partial charge in [-0.3, -0.25) is 4.79 Å². The van der Waals surface area contributed by atoms with Crippen molar-refractivity contribution in [2.24, 2.45) is 11.7 Å². The Kier molecular flexibility index (Phi) is 5.20. The monoisotopic (exact) mass is 332 g/mol. The molecule has 0 saturated carbocycles. The van der Waals surface area contributed by atoms with E-state index in [1.807, 2.05) is 20.8 Å². The summed E-state index contributed by atoms with van der Waals surface area (Å²) < 4.78 is 0.704. The Bertz CT molecular complexity index is 451. The average molecular weight is 334 g/mol. The third-order valence-electron chi connectivity index (χ3n) is 3.29. The molecule has 0 heterocycles. The van der Waals surface area contributed by atoms with E-state index in [2.05, 4.69) is 21.2 Å². The first-order valence-electron chi connectivity index (χ1n) is 5.78. The van der Waals surface area contributed by atoms with Crippen LogP contribution in [0.25, 0.3) is 0 Å². The summed E-state index contributed by atoms with van der Waals surface area (Å²) in [6.45, 7) is 6.36. The van der Waals surface area contributed by atoms with Gasteiger partial charge in [0.1, 0.15) is 0 Å². The molecule has 5 heteroatoms. The predicted molar refractivity (Wildman–Crippen MR) is 78.9 cm³/mol. The van der Waals surface area contributed by atoms with Gasteiger partial charge in [-0.15, -0.1) is 0 Å². The second-order valence-corrected chi connectivity index (χ2v) is 6.06. The maximum absolute atomic E-state index is 12.2. The summed E-state index contributed by atoms with van der Waals surface area (Å²) in [5.74, 6) is 0.0281. The van der Waals surface area contributed by atoms with Crippen molar-refractivity contribution in [2.45, 2.75) is 26.3 Å². The van der Waals surface area contributed by atoms with Crippen LogP contribution < -0.4 is 11.1 Å². The van der Waals surface area contributed by atoms with Crippen molar-refractivity contribution in [3.8, 4) is 0 Å². The molecule has 0 aliphatic heterocycles. The number of benzene rings is 1. The van der Waals surface area contributed by atoms with Crippen LogP contribution in [0.1, 0.15) is 31.1 Å². The summed E-state index contributed by atoms with van der Waals surface area (Å²) in [4.78, 5) is 12.2. The molecule has 0 aliphatic rings. The highest BCUT2D eigenvalue weighted by atomic mass is 79.9. The number of carbonyl (C=O) groups excluding carboxylic acids is 1. The molecule has 100 valence electrons. The van der Waals surface area contributed by atoms with E-state index in [0.29, 0.717) is 21.6 Å². The van der Waals surface area contributed by atoms with Crippen LogP contribution >= 0.6 is 27.5 Å². The van der Waals surface area contributed by atoms with Gasteiger partial charge in [0.05, 0.1) is 16.1 Å². The largest absolute Gasteiger partial charge is 0.345 e. The van der Waals surface area contributed by atoms with Gasteiger partial charge in [0.15, 0.2) is 0 Å². The molecule has 0 aromatic heterocycles. The number of halogens is 2. The quantitative estimate of drug-likeness (QED) is 0.889. The van der Waals surface area contributed by atoms with Crippen molar-refractivity contribution in [3.05, 3.63) is 33.3 Å². The van der Waals surface area contributed by atoms with E-state index in [4.69, 9.17) is 17.3 Å². The van der Waals surface area contributed by atoms with E-state index in [1.54, 1.807) is 18.2 Å². The first-order chi connectivity index (χ1) is 8.31. The Hall–Kier alpha value is -0.580. The summed E-state index contributed by atoms with van der Waals surface area (Å²) in [5, 5.41) is 3.37. The zero-order chi connectivity index (χ0) is 13.9. The topological polar surface area (TPSA) is 55.1 Å². The zero-order valence-electron chi connectivity index (χ0n) is 10.8. The fourth-order valence-electron chi connectivity index (χ4n) is 1.44. The van der Waals surface area contributed by atoms with Gasteiger partial charge < -0.3 is 11.1 Å². The predicted octanol–water partition coefficient (Wildman–Crippen LogP) is 3.21.